The summed E-state index contributed by atoms with van der Waals surface area (Å²) in [5.74, 6) is 0. The second kappa shape index (κ2) is 7.17. The van der Waals surface area contributed by atoms with Gasteiger partial charge in [0.1, 0.15) is 0 Å². The van der Waals surface area contributed by atoms with Crippen molar-refractivity contribution < 1.29 is 0 Å². The zero-order valence-corrected chi connectivity index (χ0v) is 14.0. The quantitative estimate of drug-likeness (QED) is 0.841. The van der Waals surface area contributed by atoms with Gasteiger partial charge in [0.25, 0.3) is 0 Å². The van der Waals surface area contributed by atoms with Crippen molar-refractivity contribution in [3.8, 4) is 0 Å². The third-order valence-electron chi connectivity index (χ3n) is 3.63. The molecule has 21 heavy (non-hydrogen) atoms. The van der Waals surface area contributed by atoms with Gasteiger partial charge < -0.3 is 10.2 Å². The third kappa shape index (κ3) is 4.13. The van der Waals surface area contributed by atoms with Gasteiger partial charge in [0.15, 0.2) is 0 Å². The SMILES string of the molecule is CNC(C)c1ccc(N(C)Cc2cccc(Cl)c2)cc1Cl. The summed E-state index contributed by atoms with van der Waals surface area (Å²) in [6.07, 6.45) is 0. The van der Waals surface area contributed by atoms with Crippen LogP contribution in [0.15, 0.2) is 42.5 Å². The minimum atomic E-state index is 0.241. The van der Waals surface area contributed by atoms with E-state index in [0.717, 1.165) is 27.8 Å². The van der Waals surface area contributed by atoms with Crippen molar-refractivity contribution in [3.63, 3.8) is 0 Å². The van der Waals surface area contributed by atoms with Crippen LogP contribution in [0.3, 0.4) is 0 Å². The molecule has 0 saturated carbocycles. The number of nitrogens with zero attached hydrogens (tertiary/aromatic N) is 1. The molecule has 2 nitrogen and oxygen atoms in total. The molecule has 0 heterocycles. The molecule has 0 bridgehead atoms. The predicted octanol–water partition coefficient (Wildman–Crippen LogP) is 4.91. The molecule has 0 fully saturated rings. The Hall–Kier alpha value is -1.22. The van der Waals surface area contributed by atoms with Gasteiger partial charge in [-0.3, -0.25) is 0 Å². The Morgan fingerprint density at radius 1 is 1.14 bits per heavy atom. The zero-order chi connectivity index (χ0) is 15.4. The van der Waals surface area contributed by atoms with Gasteiger partial charge in [0.2, 0.25) is 0 Å². The molecule has 0 radical (unpaired) electrons. The second-order valence-electron chi connectivity index (χ2n) is 5.20. The summed E-state index contributed by atoms with van der Waals surface area (Å²) in [4.78, 5) is 2.16. The Labute approximate surface area is 136 Å². The highest BCUT2D eigenvalue weighted by Gasteiger charge is 2.10. The van der Waals surface area contributed by atoms with E-state index in [-0.39, 0.29) is 6.04 Å². The normalized spacial score (nSPS) is 12.2. The first-order valence-electron chi connectivity index (χ1n) is 6.93. The van der Waals surface area contributed by atoms with Gasteiger partial charge in [0, 0.05) is 35.4 Å². The van der Waals surface area contributed by atoms with Crippen LogP contribution in [0.1, 0.15) is 24.1 Å². The molecule has 0 aliphatic rings. The molecule has 0 aliphatic carbocycles. The van der Waals surface area contributed by atoms with E-state index in [4.69, 9.17) is 23.2 Å². The summed E-state index contributed by atoms with van der Waals surface area (Å²) in [6.45, 7) is 2.88. The molecular formula is C17H20Cl2N2. The number of halogens is 2. The van der Waals surface area contributed by atoms with Gasteiger partial charge in [-0.05, 0) is 49.4 Å². The minimum absolute atomic E-state index is 0.241. The molecule has 0 amide bonds. The van der Waals surface area contributed by atoms with Crippen molar-refractivity contribution in [3.05, 3.63) is 63.6 Å². The average molecular weight is 323 g/mol. The van der Waals surface area contributed by atoms with Crippen LogP contribution in [0.5, 0.6) is 0 Å². The standard InChI is InChI=1S/C17H20Cl2N2/c1-12(20-2)16-8-7-15(10-17(16)19)21(3)11-13-5-4-6-14(18)9-13/h4-10,12,20H,11H2,1-3H3. The first kappa shape index (κ1) is 16.2. The number of nitrogens with one attached hydrogen (secondary N) is 1. The van der Waals surface area contributed by atoms with E-state index in [9.17, 15) is 0 Å². The molecule has 2 rings (SSSR count). The van der Waals surface area contributed by atoms with Crippen LogP contribution in [0.2, 0.25) is 10.0 Å². The maximum Gasteiger partial charge on any atom is 0.0474 e. The predicted molar refractivity (Wildman–Crippen MR) is 92.5 cm³/mol. The van der Waals surface area contributed by atoms with Gasteiger partial charge in [-0.25, -0.2) is 0 Å². The lowest BCUT2D eigenvalue weighted by Gasteiger charge is -2.21. The summed E-state index contributed by atoms with van der Waals surface area (Å²) in [5, 5.41) is 4.75. The molecule has 112 valence electrons. The maximum absolute atomic E-state index is 6.39. The third-order valence-corrected chi connectivity index (χ3v) is 4.20. The number of benzene rings is 2. The van der Waals surface area contributed by atoms with E-state index in [0.29, 0.717) is 0 Å². The molecule has 2 aromatic rings. The van der Waals surface area contributed by atoms with Crippen LogP contribution in [0, 0.1) is 0 Å². The molecule has 1 unspecified atom stereocenters. The van der Waals surface area contributed by atoms with Crippen LogP contribution in [-0.4, -0.2) is 14.1 Å². The van der Waals surface area contributed by atoms with Crippen LogP contribution >= 0.6 is 23.2 Å². The maximum atomic E-state index is 6.39. The molecule has 2 aromatic carbocycles. The van der Waals surface area contributed by atoms with Gasteiger partial charge >= 0.3 is 0 Å². The van der Waals surface area contributed by atoms with Crippen LogP contribution in [-0.2, 0) is 6.54 Å². The first-order chi connectivity index (χ1) is 10.0. The lowest BCUT2D eigenvalue weighted by molar-refractivity contribution is 0.652. The lowest BCUT2D eigenvalue weighted by Crippen LogP contribution is -2.17. The van der Waals surface area contributed by atoms with Crippen LogP contribution in [0.25, 0.3) is 0 Å². The zero-order valence-electron chi connectivity index (χ0n) is 12.5. The van der Waals surface area contributed by atoms with Gasteiger partial charge in [-0.1, -0.05) is 41.4 Å². The fraction of sp³-hybridized carbons (Fsp3) is 0.294. The van der Waals surface area contributed by atoms with E-state index in [1.807, 2.05) is 38.4 Å². The van der Waals surface area contributed by atoms with E-state index < -0.39 is 0 Å². The number of hydrogen-bond acceptors (Lipinski definition) is 2. The van der Waals surface area contributed by atoms with Gasteiger partial charge in [0.05, 0.1) is 0 Å². The van der Waals surface area contributed by atoms with E-state index in [2.05, 4.69) is 35.3 Å². The fourth-order valence-corrected chi connectivity index (χ4v) is 2.81. The number of hydrogen-bond donors (Lipinski definition) is 1. The lowest BCUT2D eigenvalue weighted by atomic mass is 10.1. The Kier molecular flexibility index (Phi) is 5.51. The fourth-order valence-electron chi connectivity index (χ4n) is 2.26. The summed E-state index contributed by atoms with van der Waals surface area (Å²) in [6, 6.07) is 14.3. The van der Waals surface area contributed by atoms with Crippen molar-refractivity contribution in [2.24, 2.45) is 0 Å². The molecule has 0 aromatic heterocycles. The Balaban J connectivity index is 2.16. The first-order valence-corrected chi connectivity index (χ1v) is 7.69. The number of rotatable bonds is 5. The highest BCUT2D eigenvalue weighted by molar-refractivity contribution is 6.31. The molecule has 0 saturated heterocycles. The highest BCUT2D eigenvalue weighted by Crippen LogP contribution is 2.28. The molecule has 0 aliphatic heterocycles. The highest BCUT2D eigenvalue weighted by atomic mass is 35.5. The average Bonchev–Trinajstić information content (AvgIpc) is 2.46. The minimum Gasteiger partial charge on any atom is -0.370 e. The monoisotopic (exact) mass is 322 g/mol. The van der Waals surface area contributed by atoms with Crippen molar-refractivity contribution in [1.82, 2.24) is 5.32 Å². The van der Waals surface area contributed by atoms with Gasteiger partial charge in [-0.15, -0.1) is 0 Å². The van der Waals surface area contributed by atoms with E-state index >= 15 is 0 Å². The summed E-state index contributed by atoms with van der Waals surface area (Å²) in [7, 11) is 3.98. The molecule has 1 N–H and O–H groups in total. The molecule has 4 heteroatoms. The second-order valence-corrected chi connectivity index (χ2v) is 6.05. The van der Waals surface area contributed by atoms with Crippen molar-refractivity contribution in [1.29, 1.82) is 0 Å². The van der Waals surface area contributed by atoms with Crippen molar-refractivity contribution in [2.45, 2.75) is 19.5 Å². The molecular weight excluding hydrogens is 303 g/mol. The topological polar surface area (TPSA) is 15.3 Å². The van der Waals surface area contributed by atoms with Crippen LogP contribution in [0.4, 0.5) is 5.69 Å². The Morgan fingerprint density at radius 3 is 2.52 bits per heavy atom. The van der Waals surface area contributed by atoms with Crippen molar-refractivity contribution >= 4 is 28.9 Å². The van der Waals surface area contributed by atoms with E-state index in [1.165, 1.54) is 5.56 Å². The summed E-state index contributed by atoms with van der Waals surface area (Å²) < 4.78 is 0. The van der Waals surface area contributed by atoms with E-state index in [1.54, 1.807) is 0 Å². The Morgan fingerprint density at radius 2 is 1.90 bits per heavy atom. The molecule has 0 spiro atoms. The Bertz CT molecular complexity index is 613. The largest absolute Gasteiger partial charge is 0.370 e. The van der Waals surface area contributed by atoms with Crippen LogP contribution < -0.4 is 10.2 Å². The summed E-state index contributed by atoms with van der Waals surface area (Å²) >= 11 is 12.4. The van der Waals surface area contributed by atoms with Crippen molar-refractivity contribution in [2.75, 3.05) is 19.0 Å². The molecule has 1 atom stereocenters. The summed E-state index contributed by atoms with van der Waals surface area (Å²) in [5.41, 5.74) is 3.37. The smallest absolute Gasteiger partial charge is 0.0474 e. The number of anilines is 1. The van der Waals surface area contributed by atoms with Gasteiger partial charge in [-0.2, -0.15) is 0 Å².